The third-order valence-electron chi connectivity index (χ3n) is 3.81. The minimum absolute atomic E-state index is 0.178. The van der Waals surface area contributed by atoms with Gasteiger partial charge in [-0.25, -0.2) is 0 Å². The average molecular weight is 335 g/mol. The number of rotatable bonds is 4. The lowest BCUT2D eigenvalue weighted by atomic mass is 10.1. The lowest BCUT2D eigenvalue weighted by Gasteiger charge is -2.06. The lowest BCUT2D eigenvalue weighted by Crippen LogP contribution is -2.22. The maximum absolute atomic E-state index is 12.5. The summed E-state index contributed by atoms with van der Waals surface area (Å²) < 4.78 is 1.82. The number of Topliss-reactive ketones (excluding diaryl/α,β-unsaturated/α-hetero) is 1. The number of amides is 2. The van der Waals surface area contributed by atoms with Gasteiger partial charge >= 0.3 is 0 Å². The van der Waals surface area contributed by atoms with E-state index in [9.17, 15) is 14.4 Å². The van der Waals surface area contributed by atoms with Crippen molar-refractivity contribution < 1.29 is 14.4 Å². The van der Waals surface area contributed by atoms with Crippen molar-refractivity contribution in [3.05, 3.63) is 60.3 Å². The molecule has 1 aromatic heterocycles. The maximum atomic E-state index is 12.5. The van der Waals surface area contributed by atoms with Crippen LogP contribution in [0.2, 0.25) is 0 Å². The van der Waals surface area contributed by atoms with Crippen LogP contribution in [0, 0.1) is 0 Å². The predicted octanol–water partition coefficient (Wildman–Crippen LogP) is 2.96. The van der Waals surface area contributed by atoms with Gasteiger partial charge in [-0.1, -0.05) is 18.2 Å². The van der Waals surface area contributed by atoms with Gasteiger partial charge < -0.3 is 15.2 Å². The summed E-state index contributed by atoms with van der Waals surface area (Å²) in [6.07, 6.45) is 1.66. The van der Waals surface area contributed by atoms with Crippen LogP contribution >= 0.6 is 0 Å². The van der Waals surface area contributed by atoms with E-state index in [1.165, 1.54) is 6.92 Å². The summed E-state index contributed by atoms with van der Waals surface area (Å²) in [4.78, 5) is 35.8. The molecule has 0 bridgehead atoms. The van der Waals surface area contributed by atoms with Crippen molar-refractivity contribution in [1.29, 1.82) is 0 Å². The van der Waals surface area contributed by atoms with Crippen LogP contribution in [0.4, 0.5) is 11.4 Å². The number of anilines is 2. The molecule has 6 nitrogen and oxygen atoms in total. The molecule has 6 heteroatoms. The molecule has 2 aromatic carbocycles. The monoisotopic (exact) mass is 335 g/mol. The Hall–Kier alpha value is -3.41. The first-order valence-corrected chi connectivity index (χ1v) is 7.73. The maximum Gasteiger partial charge on any atom is 0.296 e. The summed E-state index contributed by atoms with van der Waals surface area (Å²) >= 11 is 0. The van der Waals surface area contributed by atoms with Crippen LogP contribution in [0.3, 0.4) is 0 Å². The highest BCUT2D eigenvalue weighted by molar-refractivity contribution is 6.48. The standard InChI is InChI=1S/C19H17N3O3/c1-12(23)20-13-7-9-14(10-8-13)21-19(25)18(24)16-11-22(2)17-6-4-3-5-15(16)17/h3-11H,1-2H3,(H,20,23)(H,21,25). The molecule has 0 aliphatic rings. The molecule has 1 heterocycles. The molecule has 0 unspecified atom stereocenters. The van der Waals surface area contributed by atoms with Crippen molar-refractivity contribution in [1.82, 2.24) is 4.57 Å². The molecule has 0 saturated carbocycles. The van der Waals surface area contributed by atoms with Gasteiger partial charge in [0.2, 0.25) is 5.91 Å². The predicted molar refractivity (Wildman–Crippen MR) is 96.6 cm³/mol. The van der Waals surface area contributed by atoms with E-state index in [-0.39, 0.29) is 5.91 Å². The fraction of sp³-hybridized carbons (Fsp3) is 0.105. The smallest absolute Gasteiger partial charge is 0.296 e. The molecule has 0 atom stereocenters. The third-order valence-corrected chi connectivity index (χ3v) is 3.81. The Labute approximate surface area is 144 Å². The second kappa shape index (κ2) is 6.60. The number of carbonyl (C=O) groups is 3. The molecular weight excluding hydrogens is 318 g/mol. The molecule has 3 rings (SSSR count). The first-order chi connectivity index (χ1) is 12.0. The molecule has 0 aliphatic carbocycles. The van der Waals surface area contributed by atoms with E-state index in [0.29, 0.717) is 16.9 Å². The van der Waals surface area contributed by atoms with Gasteiger partial charge in [0.05, 0.1) is 5.56 Å². The highest BCUT2D eigenvalue weighted by atomic mass is 16.2. The van der Waals surface area contributed by atoms with Gasteiger partial charge in [-0.05, 0) is 30.3 Å². The zero-order valence-corrected chi connectivity index (χ0v) is 13.9. The minimum atomic E-state index is -0.705. The fourth-order valence-electron chi connectivity index (χ4n) is 2.67. The van der Waals surface area contributed by atoms with E-state index < -0.39 is 11.7 Å². The molecule has 25 heavy (non-hydrogen) atoms. The molecule has 3 aromatic rings. The number of carbonyl (C=O) groups excluding carboxylic acids is 3. The van der Waals surface area contributed by atoms with Crippen LogP contribution in [0.15, 0.2) is 54.7 Å². The van der Waals surface area contributed by atoms with Crippen molar-refractivity contribution in [3.63, 3.8) is 0 Å². The molecular formula is C19H17N3O3. The first kappa shape index (κ1) is 16.4. The summed E-state index contributed by atoms with van der Waals surface area (Å²) in [6, 6.07) is 14.0. The summed E-state index contributed by atoms with van der Waals surface area (Å²) in [5, 5.41) is 5.96. The zero-order valence-electron chi connectivity index (χ0n) is 13.9. The third kappa shape index (κ3) is 3.42. The molecule has 2 N–H and O–H groups in total. The largest absolute Gasteiger partial charge is 0.350 e. The number of hydrogen-bond donors (Lipinski definition) is 2. The van der Waals surface area contributed by atoms with E-state index in [2.05, 4.69) is 10.6 Å². The second-order valence-corrected chi connectivity index (χ2v) is 5.71. The van der Waals surface area contributed by atoms with Crippen molar-refractivity contribution in [2.75, 3.05) is 10.6 Å². The van der Waals surface area contributed by atoms with Crippen LogP contribution < -0.4 is 10.6 Å². The summed E-state index contributed by atoms with van der Waals surface area (Å²) in [7, 11) is 1.83. The van der Waals surface area contributed by atoms with Gasteiger partial charge in [0.15, 0.2) is 0 Å². The number of para-hydroxylation sites is 1. The second-order valence-electron chi connectivity index (χ2n) is 5.71. The molecule has 0 saturated heterocycles. The molecule has 2 amide bonds. The van der Waals surface area contributed by atoms with E-state index in [1.807, 2.05) is 35.9 Å². The van der Waals surface area contributed by atoms with Crippen molar-refractivity contribution in [3.8, 4) is 0 Å². The Morgan fingerprint density at radius 1 is 0.880 bits per heavy atom. The highest BCUT2D eigenvalue weighted by Gasteiger charge is 2.20. The highest BCUT2D eigenvalue weighted by Crippen LogP contribution is 2.21. The number of aryl methyl sites for hydroxylation is 1. The Morgan fingerprint density at radius 3 is 2.12 bits per heavy atom. The molecule has 0 fully saturated rings. The topological polar surface area (TPSA) is 80.2 Å². The van der Waals surface area contributed by atoms with Crippen LogP contribution in [0.5, 0.6) is 0 Å². The van der Waals surface area contributed by atoms with Crippen LogP contribution in [-0.2, 0) is 16.6 Å². The number of hydrogen-bond acceptors (Lipinski definition) is 3. The van der Waals surface area contributed by atoms with Gasteiger partial charge in [-0.3, -0.25) is 14.4 Å². The molecule has 0 radical (unpaired) electrons. The SMILES string of the molecule is CC(=O)Nc1ccc(NC(=O)C(=O)c2cn(C)c3ccccc23)cc1. The normalized spacial score (nSPS) is 10.5. The Kier molecular flexibility index (Phi) is 4.35. The van der Waals surface area contributed by atoms with Gasteiger partial charge in [0.25, 0.3) is 11.7 Å². The number of fused-ring (bicyclic) bond motifs is 1. The van der Waals surface area contributed by atoms with Crippen molar-refractivity contribution in [2.24, 2.45) is 7.05 Å². The van der Waals surface area contributed by atoms with Crippen molar-refractivity contribution in [2.45, 2.75) is 6.92 Å². The Bertz CT molecular complexity index is 971. The summed E-state index contributed by atoms with van der Waals surface area (Å²) in [5.74, 6) is -1.48. The minimum Gasteiger partial charge on any atom is -0.350 e. The van der Waals surface area contributed by atoms with Gasteiger partial charge in [-0.15, -0.1) is 0 Å². The van der Waals surface area contributed by atoms with Crippen molar-refractivity contribution >= 4 is 39.9 Å². The Balaban J connectivity index is 1.78. The van der Waals surface area contributed by atoms with E-state index in [0.717, 1.165) is 10.9 Å². The van der Waals surface area contributed by atoms with Crippen LogP contribution in [0.1, 0.15) is 17.3 Å². The van der Waals surface area contributed by atoms with Crippen LogP contribution in [0.25, 0.3) is 10.9 Å². The molecule has 0 spiro atoms. The number of nitrogens with zero attached hydrogens (tertiary/aromatic N) is 1. The van der Waals surface area contributed by atoms with Gasteiger partial charge in [-0.2, -0.15) is 0 Å². The number of ketones is 1. The van der Waals surface area contributed by atoms with Gasteiger partial charge in [0, 0.05) is 42.4 Å². The number of benzene rings is 2. The van der Waals surface area contributed by atoms with E-state index >= 15 is 0 Å². The fourth-order valence-corrected chi connectivity index (χ4v) is 2.67. The summed E-state index contributed by atoms with van der Waals surface area (Å²) in [5.41, 5.74) is 2.35. The zero-order chi connectivity index (χ0) is 18.0. The summed E-state index contributed by atoms with van der Waals surface area (Å²) in [6.45, 7) is 1.42. The van der Waals surface area contributed by atoms with Crippen LogP contribution in [-0.4, -0.2) is 22.2 Å². The van der Waals surface area contributed by atoms with Gasteiger partial charge in [0.1, 0.15) is 0 Å². The Morgan fingerprint density at radius 2 is 1.48 bits per heavy atom. The molecule has 126 valence electrons. The average Bonchev–Trinajstić information content (AvgIpc) is 2.93. The first-order valence-electron chi connectivity index (χ1n) is 7.73. The van der Waals surface area contributed by atoms with E-state index in [4.69, 9.17) is 0 Å². The lowest BCUT2D eigenvalue weighted by molar-refractivity contribution is -0.114. The number of aromatic nitrogens is 1. The molecule has 0 aliphatic heterocycles. The quantitative estimate of drug-likeness (QED) is 0.568. The van der Waals surface area contributed by atoms with E-state index in [1.54, 1.807) is 30.5 Å². The number of nitrogens with one attached hydrogen (secondary N) is 2.